The maximum Gasteiger partial charge on any atom is 0.252 e. The molecule has 1 amide bonds. The molecule has 4 aromatic rings. The molecule has 2 aromatic heterocycles. The average molecular weight is 612 g/mol. The van der Waals surface area contributed by atoms with Crippen LogP contribution in [0.4, 0.5) is 4.39 Å². The zero-order valence-corrected chi connectivity index (χ0v) is 25.7. The SMILES string of the molecule is O=C(NC1CC1)c1cc(F)ccc1Sc1ccc2c(/C=C/c3cc(CCN4CCCC4)ccn3)nn(C3CCCCO3)c2c1. The number of nitrogens with zero attached hydrogens (tertiary/aromatic N) is 4. The second-order valence-corrected chi connectivity index (χ2v) is 13.2. The minimum absolute atomic E-state index is 0.133. The van der Waals surface area contributed by atoms with Gasteiger partial charge in [0.25, 0.3) is 5.91 Å². The number of halogens is 1. The molecule has 0 spiro atoms. The lowest BCUT2D eigenvalue weighted by Crippen LogP contribution is -2.26. The van der Waals surface area contributed by atoms with E-state index in [1.165, 1.54) is 55.4 Å². The molecule has 2 aliphatic heterocycles. The van der Waals surface area contributed by atoms with Crippen LogP contribution in [0.2, 0.25) is 0 Å². The molecule has 1 atom stereocenters. The molecule has 1 unspecified atom stereocenters. The summed E-state index contributed by atoms with van der Waals surface area (Å²) in [4.78, 5) is 21.7. The number of nitrogens with one attached hydrogen (secondary N) is 1. The third-order valence-corrected chi connectivity index (χ3v) is 9.70. The Morgan fingerprint density at radius 3 is 2.73 bits per heavy atom. The van der Waals surface area contributed by atoms with Crippen LogP contribution in [-0.4, -0.2) is 57.9 Å². The largest absolute Gasteiger partial charge is 0.356 e. The van der Waals surface area contributed by atoms with Gasteiger partial charge in [-0.3, -0.25) is 9.78 Å². The van der Waals surface area contributed by atoms with Gasteiger partial charge in [0, 0.05) is 40.6 Å². The number of benzene rings is 2. The van der Waals surface area contributed by atoms with Crippen molar-refractivity contribution >= 4 is 40.7 Å². The van der Waals surface area contributed by atoms with Crippen molar-refractivity contribution in [2.75, 3.05) is 26.2 Å². The van der Waals surface area contributed by atoms with Crippen LogP contribution in [0.25, 0.3) is 23.1 Å². The van der Waals surface area contributed by atoms with E-state index >= 15 is 0 Å². The van der Waals surface area contributed by atoms with Gasteiger partial charge < -0.3 is 15.0 Å². The maximum atomic E-state index is 14.2. The van der Waals surface area contributed by atoms with Crippen molar-refractivity contribution in [3.05, 3.63) is 83.1 Å². The first-order valence-corrected chi connectivity index (χ1v) is 16.7. The molecule has 2 saturated heterocycles. The molecule has 4 heterocycles. The third-order valence-electron chi connectivity index (χ3n) is 8.64. The Balaban J connectivity index is 1.16. The highest BCUT2D eigenvalue weighted by atomic mass is 32.2. The average Bonchev–Trinajstić information content (AvgIpc) is 3.56. The quantitative estimate of drug-likeness (QED) is 0.206. The number of aromatic nitrogens is 3. The van der Waals surface area contributed by atoms with Crippen LogP contribution in [0.1, 0.15) is 78.5 Å². The van der Waals surface area contributed by atoms with Crippen molar-refractivity contribution in [3.8, 4) is 0 Å². The third kappa shape index (κ3) is 6.90. The summed E-state index contributed by atoms with van der Waals surface area (Å²) in [5.74, 6) is -0.640. The van der Waals surface area contributed by atoms with Gasteiger partial charge in [-0.15, -0.1) is 0 Å². The van der Waals surface area contributed by atoms with E-state index in [1.807, 2.05) is 29.1 Å². The smallest absolute Gasteiger partial charge is 0.252 e. The normalized spacial score (nSPS) is 19.2. The summed E-state index contributed by atoms with van der Waals surface area (Å²) >= 11 is 1.46. The van der Waals surface area contributed by atoms with E-state index in [9.17, 15) is 9.18 Å². The van der Waals surface area contributed by atoms with Crippen LogP contribution in [0.5, 0.6) is 0 Å². The predicted molar refractivity (Wildman–Crippen MR) is 172 cm³/mol. The summed E-state index contributed by atoms with van der Waals surface area (Å²) in [7, 11) is 0. The van der Waals surface area contributed by atoms with Crippen LogP contribution in [-0.2, 0) is 11.2 Å². The Hall–Kier alpha value is -3.53. The van der Waals surface area contributed by atoms with Crippen molar-refractivity contribution < 1.29 is 13.9 Å². The summed E-state index contributed by atoms with van der Waals surface area (Å²) in [5.41, 5.74) is 4.41. The van der Waals surface area contributed by atoms with Crippen molar-refractivity contribution in [1.82, 2.24) is 25.0 Å². The van der Waals surface area contributed by atoms with Crippen LogP contribution in [0.15, 0.2) is 64.5 Å². The minimum Gasteiger partial charge on any atom is -0.356 e. The van der Waals surface area contributed by atoms with Crippen molar-refractivity contribution in [3.63, 3.8) is 0 Å². The van der Waals surface area contributed by atoms with E-state index in [2.05, 4.69) is 39.5 Å². The zero-order chi connectivity index (χ0) is 29.9. The number of amides is 1. The fourth-order valence-corrected chi connectivity index (χ4v) is 7.01. The minimum atomic E-state index is -0.415. The van der Waals surface area contributed by atoms with E-state index in [4.69, 9.17) is 9.84 Å². The number of rotatable bonds is 10. The molecule has 1 saturated carbocycles. The van der Waals surface area contributed by atoms with E-state index < -0.39 is 5.82 Å². The lowest BCUT2D eigenvalue weighted by Gasteiger charge is -2.23. The van der Waals surface area contributed by atoms with Crippen LogP contribution in [0, 0.1) is 5.82 Å². The standard InChI is InChI=1S/C35H38FN5O2S/c36-25-6-13-33(30(22-25)35(42)38-26-7-8-26)44-28-10-11-29-31(39-41(32(29)23-28)34-5-1-4-20-43-34)12-9-27-21-24(14-16-37-27)15-19-40-17-2-3-18-40/h6,9-14,16,21-23,26,34H,1-5,7-8,15,17-20H2,(H,38,42)/b12-9+. The van der Waals surface area contributed by atoms with Gasteiger partial charge in [-0.1, -0.05) is 11.8 Å². The number of hydrogen-bond acceptors (Lipinski definition) is 6. The first-order chi connectivity index (χ1) is 21.6. The van der Waals surface area contributed by atoms with Crippen molar-refractivity contribution in [2.24, 2.45) is 0 Å². The van der Waals surface area contributed by atoms with Gasteiger partial charge >= 0.3 is 0 Å². The number of pyridine rings is 1. The van der Waals surface area contributed by atoms with Gasteiger partial charge in [0.2, 0.25) is 0 Å². The molecule has 1 N–H and O–H groups in total. The van der Waals surface area contributed by atoms with E-state index in [0.717, 1.165) is 83.8 Å². The fraction of sp³-hybridized carbons (Fsp3) is 0.400. The highest BCUT2D eigenvalue weighted by molar-refractivity contribution is 7.99. The molecule has 9 heteroatoms. The number of ether oxygens (including phenoxy) is 1. The summed E-state index contributed by atoms with van der Waals surface area (Å²) < 4.78 is 22.3. The zero-order valence-electron chi connectivity index (χ0n) is 24.9. The molecule has 3 aliphatic rings. The van der Waals surface area contributed by atoms with E-state index in [1.54, 1.807) is 6.07 Å². The molecule has 44 heavy (non-hydrogen) atoms. The van der Waals surface area contributed by atoms with E-state index in [-0.39, 0.29) is 18.2 Å². The summed E-state index contributed by atoms with van der Waals surface area (Å²) in [5, 5.41) is 9.05. The topological polar surface area (TPSA) is 72.3 Å². The molecule has 2 aromatic carbocycles. The maximum absolute atomic E-state index is 14.2. The molecule has 228 valence electrons. The first-order valence-electron chi connectivity index (χ1n) is 15.9. The molecule has 0 radical (unpaired) electrons. The molecule has 7 nitrogen and oxygen atoms in total. The highest BCUT2D eigenvalue weighted by Gasteiger charge is 2.26. The van der Waals surface area contributed by atoms with Gasteiger partial charge in [-0.25, -0.2) is 9.07 Å². The Labute approximate surface area is 261 Å². The number of carbonyl (C=O) groups is 1. The monoisotopic (exact) mass is 611 g/mol. The second kappa shape index (κ2) is 13.2. The Bertz CT molecular complexity index is 1670. The molecular formula is C35H38FN5O2S. The van der Waals surface area contributed by atoms with Gasteiger partial charge in [0.1, 0.15) is 5.82 Å². The summed E-state index contributed by atoms with van der Waals surface area (Å²) in [6.07, 6.45) is 14.5. The summed E-state index contributed by atoms with van der Waals surface area (Å²) in [6, 6.07) is 15.1. The molecule has 7 rings (SSSR count). The van der Waals surface area contributed by atoms with Gasteiger partial charge in [-0.05, 0) is 131 Å². The molecule has 1 aliphatic carbocycles. The number of likely N-dealkylation sites (tertiary alicyclic amines) is 1. The van der Waals surface area contributed by atoms with Crippen molar-refractivity contribution in [1.29, 1.82) is 0 Å². The van der Waals surface area contributed by atoms with Crippen LogP contribution in [0.3, 0.4) is 0 Å². The van der Waals surface area contributed by atoms with Crippen LogP contribution < -0.4 is 5.32 Å². The second-order valence-electron chi connectivity index (χ2n) is 12.0. The summed E-state index contributed by atoms with van der Waals surface area (Å²) in [6.45, 7) is 4.22. The molecular weight excluding hydrogens is 573 g/mol. The van der Waals surface area contributed by atoms with Gasteiger partial charge in [0.05, 0.1) is 22.5 Å². The predicted octanol–water partition coefficient (Wildman–Crippen LogP) is 7.12. The number of fused-ring (bicyclic) bond motifs is 1. The molecule has 0 bridgehead atoms. The number of carbonyl (C=O) groups excluding carboxylic acids is 1. The lowest BCUT2D eigenvalue weighted by molar-refractivity contribution is -0.0367. The molecule has 3 fully saturated rings. The Morgan fingerprint density at radius 1 is 1.02 bits per heavy atom. The highest BCUT2D eigenvalue weighted by Crippen LogP contribution is 2.36. The van der Waals surface area contributed by atoms with Gasteiger partial charge in [0.15, 0.2) is 6.23 Å². The Kier molecular flexibility index (Phi) is 8.77. The van der Waals surface area contributed by atoms with Crippen LogP contribution >= 0.6 is 11.8 Å². The lowest BCUT2D eigenvalue weighted by atomic mass is 10.1. The Morgan fingerprint density at radius 2 is 1.91 bits per heavy atom. The fourth-order valence-electron chi connectivity index (χ4n) is 6.05. The van der Waals surface area contributed by atoms with Gasteiger partial charge in [-0.2, -0.15) is 5.10 Å². The van der Waals surface area contributed by atoms with E-state index in [0.29, 0.717) is 5.56 Å². The number of hydrogen-bond donors (Lipinski definition) is 1. The van der Waals surface area contributed by atoms with Crippen molar-refractivity contribution in [2.45, 2.75) is 73.4 Å². The first kappa shape index (κ1) is 29.2.